The van der Waals surface area contributed by atoms with Crippen molar-refractivity contribution in [1.29, 1.82) is 0 Å². The number of sulfonamides is 2. The lowest BCUT2D eigenvalue weighted by atomic mass is 10.1. The normalized spacial score (nSPS) is 12.7. The highest BCUT2D eigenvalue weighted by molar-refractivity contribution is 7.92. The van der Waals surface area contributed by atoms with Crippen LogP contribution < -0.4 is 23.8 Å². The number of anilines is 3. The van der Waals surface area contributed by atoms with Crippen molar-refractivity contribution in [1.82, 2.24) is 0 Å². The number of aryl methyl sites for hydroxylation is 2. The summed E-state index contributed by atoms with van der Waals surface area (Å²) < 4.78 is 64.8. The van der Waals surface area contributed by atoms with Gasteiger partial charge in [0.15, 0.2) is 11.5 Å². The van der Waals surface area contributed by atoms with Crippen LogP contribution in [0.25, 0.3) is 0 Å². The number of ether oxygens (including phenoxy) is 2. The smallest absolute Gasteiger partial charge is 0.261 e. The van der Waals surface area contributed by atoms with E-state index in [9.17, 15) is 21.6 Å². The molecule has 1 aliphatic heterocycles. The van der Waals surface area contributed by atoms with Crippen molar-refractivity contribution in [3.8, 4) is 11.5 Å². The van der Waals surface area contributed by atoms with Gasteiger partial charge in [-0.2, -0.15) is 0 Å². The van der Waals surface area contributed by atoms with E-state index in [0.29, 0.717) is 28.6 Å². The SMILES string of the molecule is Cc1cccc(C)c1NS(=O)(=O)c1ccc(NC(=O)CCCN(c2ccc3c(c2)OCO3)S(C)(=O)=O)cc1. The summed E-state index contributed by atoms with van der Waals surface area (Å²) in [5.74, 6) is 0.679. The first-order valence-corrected chi connectivity index (χ1v) is 15.1. The van der Waals surface area contributed by atoms with E-state index >= 15 is 0 Å². The van der Waals surface area contributed by atoms with E-state index in [1.807, 2.05) is 32.0 Å². The third kappa shape index (κ3) is 6.37. The Bertz CT molecular complexity index is 1530. The molecule has 0 bridgehead atoms. The van der Waals surface area contributed by atoms with Crippen molar-refractivity contribution in [3.63, 3.8) is 0 Å². The van der Waals surface area contributed by atoms with Gasteiger partial charge in [-0.3, -0.25) is 13.8 Å². The fourth-order valence-electron chi connectivity index (χ4n) is 4.02. The number of carbonyl (C=O) groups excluding carboxylic acids is 1. The highest BCUT2D eigenvalue weighted by Gasteiger charge is 2.22. The molecule has 2 N–H and O–H groups in total. The van der Waals surface area contributed by atoms with Gasteiger partial charge in [0.25, 0.3) is 10.0 Å². The molecule has 0 fully saturated rings. The summed E-state index contributed by atoms with van der Waals surface area (Å²) in [6.45, 7) is 3.82. The van der Waals surface area contributed by atoms with Gasteiger partial charge in [-0.1, -0.05) is 18.2 Å². The van der Waals surface area contributed by atoms with E-state index in [2.05, 4.69) is 10.0 Å². The molecule has 0 aliphatic carbocycles. The first-order valence-electron chi connectivity index (χ1n) is 11.8. The van der Waals surface area contributed by atoms with Crippen LogP contribution in [0.2, 0.25) is 0 Å². The number of amides is 1. The molecule has 1 heterocycles. The first kappa shape index (κ1) is 27.3. The van der Waals surface area contributed by atoms with Crippen LogP contribution in [0.3, 0.4) is 0 Å². The van der Waals surface area contributed by atoms with Crippen LogP contribution in [-0.2, 0) is 24.8 Å². The van der Waals surface area contributed by atoms with Gasteiger partial charge < -0.3 is 14.8 Å². The molecule has 0 aromatic heterocycles. The van der Waals surface area contributed by atoms with Crippen LogP contribution in [0.15, 0.2) is 65.6 Å². The molecule has 0 spiro atoms. The van der Waals surface area contributed by atoms with Crippen molar-refractivity contribution in [3.05, 3.63) is 71.8 Å². The van der Waals surface area contributed by atoms with Gasteiger partial charge in [0.05, 0.1) is 22.5 Å². The predicted molar refractivity (Wildman–Crippen MR) is 146 cm³/mol. The number of rotatable bonds is 10. The lowest BCUT2D eigenvalue weighted by molar-refractivity contribution is -0.116. The molecular formula is C26H29N3O7S2. The zero-order valence-electron chi connectivity index (χ0n) is 21.2. The van der Waals surface area contributed by atoms with Gasteiger partial charge in [0.2, 0.25) is 22.7 Å². The van der Waals surface area contributed by atoms with Gasteiger partial charge >= 0.3 is 0 Å². The third-order valence-electron chi connectivity index (χ3n) is 5.98. The van der Waals surface area contributed by atoms with E-state index in [1.165, 1.54) is 28.6 Å². The Balaban J connectivity index is 1.34. The Kier molecular flexibility index (Phi) is 7.83. The minimum atomic E-state index is -3.81. The molecule has 0 atom stereocenters. The second-order valence-corrected chi connectivity index (χ2v) is 12.5. The van der Waals surface area contributed by atoms with Crippen LogP contribution in [0.5, 0.6) is 11.5 Å². The fourth-order valence-corrected chi connectivity index (χ4v) is 6.18. The standard InChI is InChI=1S/C26H29N3O7S2/c1-18-6-4-7-19(2)26(18)28-38(33,34)22-12-9-20(10-13-22)27-25(30)8-5-15-29(37(3,31)32)21-11-14-23-24(16-21)36-17-35-23/h4,6-7,9-14,16,28H,5,8,15,17H2,1-3H3,(H,27,30). The van der Waals surface area contributed by atoms with Gasteiger partial charge in [-0.05, 0) is 67.8 Å². The highest BCUT2D eigenvalue weighted by atomic mass is 32.2. The molecule has 0 saturated heterocycles. The molecule has 1 aliphatic rings. The molecule has 202 valence electrons. The molecule has 0 radical (unpaired) electrons. The minimum Gasteiger partial charge on any atom is -0.454 e. The van der Waals surface area contributed by atoms with Crippen LogP contribution in [-0.4, -0.2) is 42.3 Å². The largest absolute Gasteiger partial charge is 0.454 e. The first-order chi connectivity index (χ1) is 17.9. The molecular weight excluding hydrogens is 530 g/mol. The molecule has 3 aromatic rings. The Labute approximate surface area is 222 Å². The number of nitrogens with one attached hydrogen (secondary N) is 2. The van der Waals surface area contributed by atoms with E-state index < -0.39 is 20.0 Å². The average molecular weight is 560 g/mol. The van der Waals surface area contributed by atoms with Crippen molar-refractivity contribution < 1.29 is 31.1 Å². The molecule has 0 saturated carbocycles. The zero-order chi connectivity index (χ0) is 27.5. The summed E-state index contributed by atoms with van der Waals surface area (Å²) in [7, 11) is -7.41. The number of hydrogen-bond donors (Lipinski definition) is 2. The fraction of sp³-hybridized carbons (Fsp3) is 0.269. The van der Waals surface area contributed by atoms with Crippen LogP contribution in [0, 0.1) is 13.8 Å². The molecule has 12 heteroatoms. The number of carbonyl (C=O) groups is 1. The van der Waals surface area contributed by atoms with Gasteiger partial charge in [0, 0.05) is 24.7 Å². The summed E-state index contributed by atoms with van der Waals surface area (Å²) >= 11 is 0. The van der Waals surface area contributed by atoms with E-state index in [4.69, 9.17) is 9.47 Å². The Morgan fingerprint density at radius 1 is 0.921 bits per heavy atom. The quantitative estimate of drug-likeness (QED) is 0.384. The third-order valence-corrected chi connectivity index (χ3v) is 8.54. The highest BCUT2D eigenvalue weighted by Crippen LogP contribution is 2.36. The van der Waals surface area contributed by atoms with Crippen LogP contribution in [0.4, 0.5) is 17.1 Å². The molecule has 4 rings (SSSR count). The van der Waals surface area contributed by atoms with Crippen molar-refractivity contribution in [2.45, 2.75) is 31.6 Å². The maximum atomic E-state index is 12.8. The number of benzene rings is 3. The summed E-state index contributed by atoms with van der Waals surface area (Å²) in [4.78, 5) is 12.5. The van der Waals surface area contributed by atoms with Gasteiger partial charge in [-0.15, -0.1) is 0 Å². The van der Waals surface area contributed by atoms with Crippen molar-refractivity contribution >= 4 is 43.0 Å². The lowest BCUT2D eigenvalue weighted by Crippen LogP contribution is -2.31. The molecule has 0 unspecified atom stereocenters. The molecule has 10 nitrogen and oxygen atoms in total. The molecule has 1 amide bonds. The van der Waals surface area contributed by atoms with Crippen molar-refractivity contribution in [2.75, 3.05) is 33.9 Å². The lowest BCUT2D eigenvalue weighted by Gasteiger charge is -2.22. The van der Waals surface area contributed by atoms with E-state index in [-0.39, 0.29) is 37.0 Å². The maximum Gasteiger partial charge on any atom is 0.261 e. The monoisotopic (exact) mass is 559 g/mol. The topological polar surface area (TPSA) is 131 Å². The van der Waals surface area contributed by atoms with E-state index in [0.717, 1.165) is 17.4 Å². The van der Waals surface area contributed by atoms with Gasteiger partial charge in [0.1, 0.15) is 0 Å². The second kappa shape index (κ2) is 10.9. The number of fused-ring (bicyclic) bond motifs is 1. The number of para-hydroxylation sites is 1. The zero-order valence-corrected chi connectivity index (χ0v) is 22.9. The van der Waals surface area contributed by atoms with Crippen LogP contribution in [0.1, 0.15) is 24.0 Å². The molecule has 38 heavy (non-hydrogen) atoms. The van der Waals surface area contributed by atoms with Gasteiger partial charge in [-0.25, -0.2) is 16.8 Å². The van der Waals surface area contributed by atoms with Crippen LogP contribution >= 0.6 is 0 Å². The minimum absolute atomic E-state index is 0.0603. The maximum absolute atomic E-state index is 12.8. The second-order valence-electron chi connectivity index (χ2n) is 8.92. The Morgan fingerprint density at radius 3 is 2.24 bits per heavy atom. The summed E-state index contributed by atoms with van der Waals surface area (Å²) in [5.41, 5.74) is 3.00. The molecule has 3 aromatic carbocycles. The predicted octanol–water partition coefficient (Wildman–Crippen LogP) is 4.02. The number of nitrogens with zero attached hydrogens (tertiary/aromatic N) is 1. The Morgan fingerprint density at radius 2 is 1.58 bits per heavy atom. The summed E-state index contributed by atoms with van der Waals surface area (Å²) in [5, 5.41) is 2.72. The summed E-state index contributed by atoms with van der Waals surface area (Å²) in [6.07, 6.45) is 1.42. The van der Waals surface area contributed by atoms with E-state index in [1.54, 1.807) is 18.2 Å². The number of hydrogen-bond acceptors (Lipinski definition) is 7. The van der Waals surface area contributed by atoms with Crippen molar-refractivity contribution in [2.24, 2.45) is 0 Å². The average Bonchev–Trinajstić information content (AvgIpc) is 3.32. The summed E-state index contributed by atoms with van der Waals surface area (Å²) in [6, 6.07) is 16.2. The Hall–Kier alpha value is -3.77.